The molecule has 2 aliphatic rings. The van der Waals surface area contributed by atoms with Crippen LogP contribution >= 0.6 is 0 Å². The minimum absolute atomic E-state index is 0.00916. The first-order valence-electron chi connectivity index (χ1n) is 7.03. The van der Waals surface area contributed by atoms with E-state index < -0.39 is 5.82 Å². The van der Waals surface area contributed by atoms with Crippen molar-refractivity contribution >= 4 is 0 Å². The molecule has 3 heterocycles. The standard InChI is InChI=1S/C15H19FN2O2/c1-2-8-18-10-13(14-12(18)6-4-9-19-14)20-15-11(16)5-3-7-17-15/h2-3,5,7,12-14H,1,4,6,8-10H2/t12-,13-,14+/m1/s1. The fraction of sp³-hybridized carbons (Fsp3) is 0.533. The SMILES string of the molecule is C=CCN1C[C@@H](Oc2ncccc2F)[C@H]2OCCC[C@H]21. The third-order valence-electron chi connectivity index (χ3n) is 3.93. The van der Waals surface area contributed by atoms with Crippen molar-refractivity contribution in [1.29, 1.82) is 0 Å². The molecule has 0 spiro atoms. The number of fused-ring (bicyclic) bond motifs is 1. The lowest BCUT2D eigenvalue weighted by molar-refractivity contribution is -0.0473. The summed E-state index contributed by atoms with van der Waals surface area (Å²) in [6, 6.07) is 3.25. The number of pyridine rings is 1. The molecule has 0 radical (unpaired) electrons. The Kier molecular flexibility index (Phi) is 3.98. The maximum Gasteiger partial charge on any atom is 0.250 e. The summed E-state index contributed by atoms with van der Waals surface area (Å²) in [5, 5.41) is 0. The quantitative estimate of drug-likeness (QED) is 0.789. The molecular weight excluding hydrogens is 259 g/mol. The molecule has 0 aromatic carbocycles. The summed E-state index contributed by atoms with van der Waals surface area (Å²) in [4.78, 5) is 6.25. The van der Waals surface area contributed by atoms with Crippen LogP contribution in [-0.2, 0) is 4.74 Å². The van der Waals surface area contributed by atoms with Gasteiger partial charge in [0.25, 0.3) is 5.88 Å². The van der Waals surface area contributed by atoms with Gasteiger partial charge >= 0.3 is 0 Å². The Labute approximate surface area is 118 Å². The van der Waals surface area contributed by atoms with Crippen LogP contribution in [0.3, 0.4) is 0 Å². The number of nitrogens with zero attached hydrogens (tertiary/aromatic N) is 2. The molecule has 0 N–H and O–H groups in total. The molecule has 20 heavy (non-hydrogen) atoms. The lowest BCUT2D eigenvalue weighted by Crippen LogP contribution is -2.42. The summed E-state index contributed by atoms with van der Waals surface area (Å²) >= 11 is 0. The zero-order valence-corrected chi connectivity index (χ0v) is 11.4. The summed E-state index contributed by atoms with van der Waals surface area (Å²) in [7, 11) is 0. The van der Waals surface area contributed by atoms with E-state index in [-0.39, 0.29) is 18.1 Å². The van der Waals surface area contributed by atoms with Gasteiger partial charge in [-0.05, 0) is 25.0 Å². The smallest absolute Gasteiger partial charge is 0.250 e. The number of hydrogen-bond acceptors (Lipinski definition) is 4. The first kappa shape index (κ1) is 13.5. The molecular formula is C15H19FN2O2. The predicted octanol–water partition coefficient (Wildman–Crippen LogP) is 2.02. The van der Waals surface area contributed by atoms with E-state index in [1.807, 2.05) is 6.08 Å². The Morgan fingerprint density at radius 3 is 3.30 bits per heavy atom. The molecule has 2 fully saturated rings. The molecule has 0 amide bonds. The van der Waals surface area contributed by atoms with E-state index in [9.17, 15) is 4.39 Å². The van der Waals surface area contributed by atoms with Crippen LogP contribution in [0, 0.1) is 5.82 Å². The molecule has 0 aliphatic carbocycles. The number of aromatic nitrogens is 1. The number of halogens is 1. The fourth-order valence-corrected chi connectivity index (χ4v) is 3.08. The van der Waals surface area contributed by atoms with E-state index in [4.69, 9.17) is 9.47 Å². The van der Waals surface area contributed by atoms with Crippen molar-refractivity contribution in [3.63, 3.8) is 0 Å². The largest absolute Gasteiger partial charge is 0.468 e. The van der Waals surface area contributed by atoms with Crippen LogP contribution in [-0.4, -0.2) is 47.8 Å². The molecule has 108 valence electrons. The molecule has 3 rings (SSSR count). The summed E-state index contributed by atoms with van der Waals surface area (Å²) in [5.41, 5.74) is 0. The van der Waals surface area contributed by atoms with Gasteiger partial charge in [-0.1, -0.05) is 6.08 Å². The Hall–Kier alpha value is -1.46. The zero-order valence-electron chi connectivity index (χ0n) is 11.4. The highest BCUT2D eigenvalue weighted by molar-refractivity contribution is 5.14. The third-order valence-corrected chi connectivity index (χ3v) is 3.93. The lowest BCUT2D eigenvalue weighted by Gasteiger charge is -2.31. The minimum atomic E-state index is -0.429. The average Bonchev–Trinajstić information content (AvgIpc) is 2.81. The number of hydrogen-bond donors (Lipinski definition) is 0. The molecule has 2 saturated heterocycles. The highest BCUT2D eigenvalue weighted by Crippen LogP contribution is 2.31. The molecule has 0 saturated carbocycles. The fourth-order valence-electron chi connectivity index (χ4n) is 3.08. The van der Waals surface area contributed by atoms with Crippen molar-refractivity contribution in [2.75, 3.05) is 19.7 Å². The van der Waals surface area contributed by atoms with Crippen molar-refractivity contribution in [1.82, 2.24) is 9.88 Å². The van der Waals surface area contributed by atoms with Gasteiger partial charge in [-0.2, -0.15) is 0 Å². The van der Waals surface area contributed by atoms with Gasteiger partial charge in [0.2, 0.25) is 0 Å². The Bertz CT molecular complexity index is 483. The molecule has 3 atom stereocenters. The van der Waals surface area contributed by atoms with E-state index in [1.165, 1.54) is 12.3 Å². The normalized spacial score (nSPS) is 29.9. The number of likely N-dealkylation sites (tertiary alicyclic amines) is 1. The number of ether oxygens (including phenoxy) is 2. The van der Waals surface area contributed by atoms with E-state index in [1.54, 1.807) is 6.07 Å². The first-order chi connectivity index (χ1) is 9.79. The van der Waals surface area contributed by atoms with Gasteiger partial charge in [0, 0.05) is 31.9 Å². The van der Waals surface area contributed by atoms with Crippen molar-refractivity contribution in [3.8, 4) is 5.88 Å². The molecule has 2 aliphatic heterocycles. The summed E-state index contributed by atoms with van der Waals surface area (Å²) in [6.45, 7) is 6.05. The number of rotatable bonds is 4. The molecule has 4 nitrogen and oxygen atoms in total. The summed E-state index contributed by atoms with van der Waals surface area (Å²) in [6.07, 6.45) is 5.38. The topological polar surface area (TPSA) is 34.6 Å². The zero-order chi connectivity index (χ0) is 13.9. The van der Waals surface area contributed by atoms with E-state index in [0.717, 1.165) is 32.5 Å². The van der Waals surface area contributed by atoms with Crippen LogP contribution in [0.4, 0.5) is 4.39 Å². The average molecular weight is 278 g/mol. The third kappa shape index (κ3) is 2.55. The molecule has 0 bridgehead atoms. The van der Waals surface area contributed by atoms with Crippen LogP contribution in [0.15, 0.2) is 31.0 Å². The Morgan fingerprint density at radius 2 is 2.50 bits per heavy atom. The van der Waals surface area contributed by atoms with Gasteiger partial charge in [0.15, 0.2) is 5.82 Å². The molecule has 1 aromatic rings. The second kappa shape index (κ2) is 5.89. The Morgan fingerprint density at radius 1 is 1.60 bits per heavy atom. The van der Waals surface area contributed by atoms with Crippen LogP contribution in [0.2, 0.25) is 0 Å². The lowest BCUT2D eigenvalue weighted by atomic mass is 10.0. The molecule has 5 heteroatoms. The minimum Gasteiger partial charge on any atom is -0.468 e. The Balaban J connectivity index is 1.75. The summed E-state index contributed by atoms with van der Waals surface area (Å²) in [5.74, 6) is -0.368. The van der Waals surface area contributed by atoms with Gasteiger partial charge < -0.3 is 9.47 Å². The molecule has 0 unspecified atom stereocenters. The van der Waals surface area contributed by atoms with Crippen LogP contribution in [0.25, 0.3) is 0 Å². The molecule has 1 aromatic heterocycles. The van der Waals surface area contributed by atoms with Crippen molar-refractivity contribution < 1.29 is 13.9 Å². The highest BCUT2D eigenvalue weighted by Gasteiger charge is 2.45. The second-order valence-electron chi connectivity index (χ2n) is 5.23. The monoisotopic (exact) mass is 278 g/mol. The van der Waals surface area contributed by atoms with E-state index in [0.29, 0.717) is 6.04 Å². The maximum absolute atomic E-state index is 13.7. The summed E-state index contributed by atoms with van der Waals surface area (Å²) < 4.78 is 25.3. The first-order valence-corrected chi connectivity index (χ1v) is 7.03. The van der Waals surface area contributed by atoms with Crippen molar-refractivity contribution in [2.24, 2.45) is 0 Å². The van der Waals surface area contributed by atoms with Gasteiger partial charge in [0.05, 0.1) is 0 Å². The maximum atomic E-state index is 13.7. The van der Waals surface area contributed by atoms with Gasteiger partial charge in [-0.15, -0.1) is 6.58 Å². The van der Waals surface area contributed by atoms with E-state index in [2.05, 4.69) is 16.5 Å². The highest BCUT2D eigenvalue weighted by atomic mass is 19.1. The van der Waals surface area contributed by atoms with Crippen molar-refractivity contribution in [3.05, 3.63) is 36.8 Å². The van der Waals surface area contributed by atoms with Crippen LogP contribution in [0.5, 0.6) is 5.88 Å². The van der Waals surface area contributed by atoms with Crippen molar-refractivity contribution in [2.45, 2.75) is 31.1 Å². The predicted molar refractivity (Wildman–Crippen MR) is 73.1 cm³/mol. The second-order valence-corrected chi connectivity index (χ2v) is 5.23. The van der Waals surface area contributed by atoms with Gasteiger partial charge in [-0.25, -0.2) is 9.37 Å². The van der Waals surface area contributed by atoms with Gasteiger partial charge in [-0.3, -0.25) is 4.90 Å². The van der Waals surface area contributed by atoms with Crippen LogP contribution in [0.1, 0.15) is 12.8 Å². The van der Waals surface area contributed by atoms with Crippen LogP contribution < -0.4 is 4.74 Å². The van der Waals surface area contributed by atoms with Gasteiger partial charge in [0.1, 0.15) is 12.2 Å². The van der Waals surface area contributed by atoms with E-state index >= 15 is 0 Å².